The Hall–Kier alpha value is -1.66. The maximum atomic E-state index is 13.9. The van der Waals surface area contributed by atoms with Gasteiger partial charge >= 0.3 is 6.03 Å². The van der Waals surface area contributed by atoms with Gasteiger partial charge in [0.25, 0.3) is 5.91 Å². The third kappa shape index (κ3) is 3.25. The van der Waals surface area contributed by atoms with Crippen LogP contribution in [-0.4, -0.2) is 41.0 Å². The summed E-state index contributed by atoms with van der Waals surface area (Å²) < 4.78 is 13.9. The van der Waals surface area contributed by atoms with Gasteiger partial charge in [-0.25, -0.2) is 14.1 Å². The topological polar surface area (TPSA) is 52.7 Å². The fraction of sp³-hybridized carbons (Fsp3) is 0.556. The van der Waals surface area contributed by atoms with Crippen molar-refractivity contribution in [3.63, 3.8) is 0 Å². The summed E-state index contributed by atoms with van der Waals surface area (Å²) in [5.41, 5.74) is -0.411. The molecule has 1 aliphatic heterocycles. The maximum Gasteiger partial charge on any atom is 0.326 e. The van der Waals surface area contributed by atoms with Gasteiger partial charge in [-0.05, 0) is 37.9 Å². The van der Waals surface area contributed by atoms with Crippen molar-refractivity contribution in [2.75, 3.05) is 13.7 Å². The first-order valence-electron chi connectivity index (χ1n) is 8.60. The van der Waals surface area contributed by atoms with E-state index in [4.69, 9.17) is 11.6 Å². The third-order valence-corrected chi connectivity index (χ3v) is 5.73. The van der Waals surface area contributed by atoms with Gasteiger partial charge < -0.3 is 5.32 Å². The zero-order valence-corrected chi connectivity index (χ0v) is 15.3. The van der Waals surface area contributed by atoms with E-state index in [-0.39, 0.29) is 31.1 Å². The van der Waals surface area contributed by atoms with Crippen molar-refractivity contribution >= 4 is 23.5 Å². The summed E-state index contributed by atoms with van der Waals surface area (Å²) in [5, 5.41) is 3.26. The van der Waals surface area contributed by atoms with Crippen molar-refractivity contribution in [1.29, 1.82) is 0 Å². The van der Waals surface area contributed by atoms with E-state index in [0.717, 1.165) is 19.3 Å². The number of nitrogens with zero attached hydrogens (tertiary/aromatic N) is 2. The molecule has 1 aromatic rings. The molecule has 0 aromatic heterocycles. The van der Waals surface area contributed by atoms with E-state index < -0.39 is 11.4 Å². The molecular formula is C18H23ClFN3O2. The lowest BCUT2D eigenvalue weighted by molar-refractivity contribution is -0.135. The van der Waals surface area contributed by atoms with Gasteiger partial charge in [0.1, 0.15) is 11.4 Å². The zero-order valence-electron chi connectivity index (χ0n) is 14.5. The highest BCUT2D eigenvalue weighted by atomic mass is 35.5. The molecule has 5 nitrogen and oxygen atoms in total. The van der Waals surface area contributed by atoms with Crippen LogP contribution >= 0.6 is 11.6 Å². The molecule has 2 aliphatic rings. The Morgan fingerprint density at radius 2 is 2.16 bits per heavy atom. The van der Waals surface area contributed by atoms with Crippen molar-refractivity contribution in [1.82, 2.24) is 15.1 Å². The van der Waals surface area contributed by atoms with Crippen molar-refractivity contribution in [3.05, 3.63) is 34.6 Å². The molecule has 0 radical (unpaired) electrons. The molecule has 1 saturated heterocycles. The molecule has 1 aromatic carbocycles. The standard InChI is InChI=1S/C18H23ClFN3O2/c1-12-6-3-4-9-18(12)16(24)23(17(25)21-18)11-22(2)10-13-14(19)7-5-8-15(13)20/h5,7-8,12H,3-4,6,9-11H2,1-2H3,(H,21,25)/t12-,18-/m0/s1. The van der Waals surface area contributed by atoms with E-state index in [0.29, 0.717) is 17.0 Å². The molecule has 2 fully saturated rings. The molecule has 1 saturated carbocycles. The quantitative estimate of drug-likeness (QED) is 0.830. The maximum absolute atomic E-state index is 13.9. The molecule has 136 valence electrons. The molecule has 3 amide bonds. The van der Waals surface area contributed by atoms with Gasteiger partial charge in [-0.3, -0.25) is 9.69 Å². The Bertz CT molecular complexity index is 679. The Kier molecular flexibility index (Phi) is 5.02. The predicted octanol–water partition coefficient (Wildman–Crippen LogP) is 3.37. The van der Waals surface area contributed by atoms with Crippen LogP contribution in [-0.2, 0) is 11.3 Å². The summed E-state index contributed by atoms with van der Waals surface area (Å²) in [5.74, 6) is -0.445. The fourth-order valence-electron chi connectivity index (χ4n) is 3.87. The number of imide groups is 1. The van der Waals surface area contributed by atoms with Crippen LogP contribution in [0.25, 0.3) is 0 Å². The SMILES string of the molecule is C[C@H]1CCCC[C@]12NC(=O)N(CN(C)Cc1c(F)cccc1Cl)C2=O. The van der Waals surface area contributed by atoms with Gasteiger partial charge in [0, 0.05) is 17.1 Å². The summed E-state index contributed by atoms with van der Waals surface area (Å²) in [4.78, 5) is 28.3. The number of hydrogen-bond acceptors (Lipinski definition) is 3. The van der Waals surface area contributed by atoms with Gasteiger partial charge in [-0.2, -0.15) is 0 Å². The number of carbonyl (C=O) groups excluding carboxylic acids is 2. The Labute approximate surface area is 152 Å². The first kappa shape index (κ1) is 18.1. The normalized spacial score (nSPS) is 26.6. The number of hydrogen-bond donors (Lipinski definition) is 1. The minimum absolute atomic E-state index is 0.101. The first-order valence-corrected chi connectivity index (χ1v) is 8.98. The van der Waals surface area contributed by atoms with Crippen LogP contribution in [0.15, 0.2) is 18.2 Å². The number of halogens is 2. The molecule has 0 bridgehead atoms. The summed E-state index contributed by atoms with van der Waals surface area (Å²) in [7, 11) is 1.73. The first-order chi connectivity index (χ1) is 11.8. The van der Waals surface area contributed by atoms with Crippen LogP contribution in [0.1, 0.15) is 38.2 Å². The number of amides is 3. The largest absolute Gasteiger partial charge is 0.326 e. The Balaban J connectivity index is 1.72. The number of nitrogens with one attached hydrogen (secondary N) is 1. The lowest BCUT2D eigenvalue weighted by Crippen LogP contribution is -2.54. The summed E-state index contributed by atoms with van der Waals surface area (Å²) >= 11 is 6.06. The third-order valence-electron chi connectivity index (χ3n) is 5.37. The molecule has 7 heteroatoms. The molecule has 1 heterocycles. The Morgan fingerprint density at radius 3 is 2.84 bits per heavy atom. The molecule has 1 spiro atoms. The van der Waals surface area contributed by atoms with Gasteiger partial charge in [-0.1, -0.05) is 37.4 Å². The molecular weight excluding hydrogens is 345 g/mol. The lowest BCUT2D eigenvalue weighted by atomic mass is 9.73. The van der Waals surface area contributed by atoms with E-state index in [1.807, 2.05) is 6.92 Å². The number of rotatable bonds is 4. The van der Waals surface area contributed by atoms with Crippen LogP contribution in [0.4, 0.5) is 9.18 Å². The number of carbonyl (C=O) groups is 2. The van der Waals surface area contributed by atoms with Crippen LogP contribution in [0, 0.1) is 11.7 Å². The Morgan fingerprint density at radius 1 is 1.40 bits per heavy atom. The predicted molar refractivity (Wildman–Crippen MR) is 93.5 cm³/mol. The van der Waals surface area contributed by atoms with E-state index >= 15 is 0 Å². The number of benzene rings is 1. The van der Waals surface area contributed by atoms with Crippen LogP contribution < -0.4 is 5.32 Å². The van der Waals surface area contributed by atoms with Crippen molar-refractivity contribution < 1.29 is 14.0 Å². The highest BCUT2D eigenvalue weighted by molar-refractivity contribution is 6.31. The van der Waals surface area contributed by atoms with Crippen molar-refractivity contribution in [3.8, 4) is 0 Å². The smallest absolute Gasteiger partial charge is 0.323 e. The van der Waals surface area contributed by atoms with Crippen LogP contribution in [0.3, 0.4) is 0 Å². The lowest BCUT2D eigenvalue weighted by Gasteiger charge is -2.37. The van der Waals surface area contributed by atoms with Crippen molar-refractivity contribution in [2.45, 2.75) is 44.7 Å². The van der Waals surface area contributed by atoms with Gasteiger partial charge in [-0.15, -0.1) is 0 Å². The summed E-state index contributed by atoms with van der Waals surface area (Å²) in [6.45, 7) is 2.33. The van der Waals surface area contributed by atoms with E-state index in [2.05, 4.69) is 5.32 Å². The minimum Gasteiger partial charge on any atom is -0.323 e. The van der Waals surface area contributed by atoms with E-state index in [1.54, 1.807) is 24.1 Å². The minimum atomic E-state index is -0.772. The second-order valence-electron chi connectivity index (χ2n) is 7.14. The van der Waals surface area contributed by atoms with Gasteiger partial charge in [0.2, 0.25) is 0 Å². The molecule has 1 N–H and O–H groups in total. The molecule has 2 atom stereocenters. The molecule has 3 rings (SSSR count). The highest BCUT2D eigenvalue weighted by Gasteiger charge is 2.54. The zero-order chi connectivity index (χ0) is 18.2. The van der Waals surface area contributed by atoms with Gasteiger partial charge in [0.15, 0.2) is 0 Å². The van der Waals surface area contributed by atoms with Crippen molar-refractivity contribution in [2.24, 2.45) is 5.92 Å². The second-order valence-corrected chi connectivity index (χ2v) is 7.54. The van der Waals surface area contributed by atoms with Crippen LogP contribution in [0.2, 0.25) is 5.02 Å². The average molecular weight is 368 g/mol. The molecule has 0 unspecified atom stereocenters. The highest BCUT2D eigenvalue weighted by Crippen LogP contribution is 2.38. The van der Waals surface area contributed by atoms with E-state index in [1.165, 1.54) is 11.0 Å². The molecule has 1 aliphatic carbocycles. The summed E-state index contributed by atoms with van der Waals surface area (Å²) in [6.07, 6.45) is 3.63. The van der Waals surface area contributed by atoms with Gasteiger partial charge in [0.05, 0.1) is 6.67 Å². The fourth-order valence-corrected chi connectivity index (χ4v) is 4.09. The average Bonchev–Trinajstić information content (AvgIpc) is 2.79. The van der Waals surface area contributed by atoms with Crippen LogP contribution in [0.5, 0.6) is 0 Å². The van der Waals surface area contributed by atoms with E-state index in [9.17, 15) is 14.0 Å². The summed E-state index contributed by atoms with van der Waals surface area (Å²) in [6, 6.07) is 4.15. The number of urea groups is 1. The monoisotopic (exact) mass is 367 g/mol. The second kappa shape index (κ2) is 6.92. The molecule has 25 heavy (non-hydrogen) atoms.